The van der Waals surface area contributed by atoms with Crippen molar-refractivity contribution >= 4 is 11.6 Å². The van der Waals surface area contributed by atoms with Crippen molar-refractivity contribution in [3.05, 3.63) is 0 Å². The molecule has 0 heterocycles. The molecular weight excluding hydrogens is 152 g/mol. The minimum atomic E-state index is -0.893. The molecule has 0 unspecified atom stereocenters. The van der Waals surface area contributed by atoms with Crippen molar-refractivity contribution in [1.29, 1.82) is 0 Å². The van der Waals surface area contributed by atoms with E-state index in [2.05, 4.69) is 11.8 Å². The molecule has 0 aliphatic rings. The van der Waals surface area contributed by atoms with Crippen molar-refractivity contribution in [1.82, 2.24) is 0 Å². The van der Waals surface area contributed by atoms with Crippen molar-refractivity contribution in [2.24, 2.45) is 0 Å². The average molecular weight is 163 g/mol. The third-order valence-corrected chi connectivity index (χ3v) is 1.14. The highest BCUT2D eigenvalue weighted by atomic mass is 35.5. The van der Waals surface area contributed by atoms with Gasteiger partial charge in [0, 0.05) is 12.3 Å². The van der Waals surface area contributed by atoms with Gasteiger partial charge in [-0.25, -0.2) is 0 Å². The molecule has 0 aliphatic carbocycles. The predicted molar refractivity (Wildman–Crippen MR) is 40.8 cm³/mol. The molecule has 58 valence electrons. The smallest absolute Gasteiger partial charge is 0.137 e. The molecule has 0 amide bonds. The number of halogens is 1. The van der Waals surface area contributed by atoms with E-state index < -0.39 is 6.10 Å². The maximum absolute atomic E-state index is 8.70. The summed E-state index contributed by atoms with van der Waals surface area (Å²) in [6.07, 6.45) is 0.614. The quantitative estimate of drug-likeness (QED) is 0.358. The minimum Gasteiger partial charge on any atom is -0.393 e. The Kier molecular flexibility index (Phi) is 6.73. The molecule has 0 radical (unpaired) electrons. The van der Waals surface area contributed by atoms with Crippen LogP contribution in [-0.2, 0) is 0 Å². The summed E-state index contributed by atoms with van der Waals surface area (Å²) in [7, 11) is 0. The molecule has 0 rings (SSSR count). The van der Waals surface area contributed by atoms with Crippen molar-refractivity contribution in [3.63, 3.8) is 0 Å². The van der Waals surface area contributed by atoms with Gasteiger partial charge in [0.2, 0.25) is 0 Å². The van der Waals surface area contributed by atoms with Gasteiger partial charge in [-0.15, -0.1) is 17.5 Å². The van der Waals surface area contributed by atoms with E-state index in [-0.39, 0.29) is 6.61 Å². The molecule has 0 aromatic carbocycles. The lowest BCUT2D eigenvalue weighted by atomic mass is 10.3. The van der Waals surface area contributed by atoms with E-state index in [1.165, 1.54) is 0 Å². The summed E-state index contributed by atoms with van der Waals surface area (Å²) in [5.74, 6) is 5.74. The van der Waals surface area contributed by atoms with Crippen LogP contribution in [0, 0.1) is 11.8 Å². The fourth-order valence-corrected chi connectivity index (χ4v) is 0.524. The summed E-state index contributed by atoms with van der Waals surface area (Å²) in [5.41, 5.74) is 0. The Hall–Kier alpha value is -0.230. The van der Waals surface area contributed by atoms with E-state index in [1.54, 1.807) is 0 Å². The zero-order valence-corrected chi connectivity index (χ0v) is 6.43. The summed E-state index contributed by atoms with van der Waals surface area (Å²) >= 11 is 5.37. The van der Waals surface area contributed by atoms with Crippen LogP contribution in [0.2, 0.25) is 0 Å². The lowest BCUT2D eigenvalue weighted by Gasteiger charge is -1.92. The Bertz CT molecular complexity index is 125. The molecule has 3 heteroatoms. The highest BCUT2D eigenvalue weighted by molar-refractivity contribution is 6.17. The third-order valence-electron chi connectivity index (χ3n) is 0.877. The van der Waals surface area contributed by atoms with Gasteiger partial charge in [0.15, 0.2) is 0 Å². The number of aliphatic hydroxyl groups is 2. The maximum atomic E-state index is 8.70. The highest BCUT2D eigenvalue weighted by Gasteiger charge is 1.91. The normalized spacial score (nSPS) is 11.9. The third kappa shape index (κ3) is 5.90. The zero-order chi connectivity index (χ0) is 7.82. The van der Waals surface area contributed by atoms with Crippen LogP contribution >= 0.6 is 11.6 Å². The average Bonchev–Trinajstić information content (AvgIpc) is 1.98. The molecule has 1 atom stereocenters. The molecule has 0 saturated heterocycles. The summed E-state index contributed by atoms with van der Waals surface area (Å²) < 4.78 is 0. The predicted octanol–water partition coefficient (Wildman–Crippen LogP) is 0.362. The van der Waals surface area contributed by atoms with Gasteiger partial charge in [0.05, 0.1) is 6.61 Å². The van der Waals surface area contributed by atoms with Gasteiger partial charge in [-0.2, -0.15) is 0 Å². The maximum Gasteiger partial charge on any atom is 0.137 e. The van der Waals surface area contributed by atoms with Gasteiger partial charge in [0.1, 0.15) is 6.10 Å². The first-order chi connectivity index (χ1) is 4.81. The summed E-state index contributed by atoms with van der Waals surface area (Å²) in [6, 6.07) is 0. The fraction of sp³-hybridized carbons (Fsp3) is 0.714. The van der Waals surface area contributed by atoms with Crippen LogP contribution in [0.25, 0.3) is 0 Å². The number of rotatable bonds is 3. The van der Waals surface area contributed by atoms with Crippen LogP contribution in [0.5, 0.6) is 0 Å². The summed E-state index contributed by atoms with van der Waals surface area (Å²) in [6.45, 7) is -0.298. The minimum absolute atomic E-state index is 0.298. The largest absolute Gasteiger partial charge is 0.393 e. The fourth-order valence-electron chi connectivity index (χ4n) is 0.391. The molecule has 0 bridgehead atoms. The second-order valence-electron chi connectivity index (χ2n) is 1.81. The Morgan fingerprint density at radius 3 is 2.70 bits per heavy atom. The van der Waals surface area contributed by atoms with Crippen LogP contribution < -0.4 is 0 Å². The number of hydrogen-bond donors (Lipinski definition) is 2. The molecule has 10 heavy (non-hydrogen) atoms. The topological polar surface area (TPSA) is 40.5 Å². The Balaban J connectivity index is 3.29. The zero-order valence-electron chi connectivity index (χ0n) is 5.68. The number of hydrogen-bond acceptors (Lipinski definition) is 2. The van der Waals surface area contributed by atoms with E-state index >= 15 is 0 Å². The van der Waals surface area contributed by atoms with Crippen molar-refractivity contribution in [2.75, 3.05) is 12.5 Å². The molecule has 0 aliphatic heterocycles. The standard InChI is InChI=1S/C7H11ClO2/c8-5-3-1-2-4-7(10)6-9/h7,9-10H,1,3,5-6H2/t7-/m0/s1. The van der Waals surface area contributed by atoms with Gasteiger partial charge >= 0.3 is 0 Å². The molecule has 2 nitrogen and oxygen atoms in total. The lowest BCUT2D eigenvalue weighted by Crippen LogP contribution is -2.07. The SMILES string of the molecule is OC[C@@H](O)C#CCCCCl. The van der Waals surface area contributed by atoms with Crippen LogP contribution in [-0.4, -0.2) is 28.8 Å². The molecule has 0 aromatic rings. The number of unbranched alkanes of at least 4 members (excludes halogenated alkanes) is 1. The van der Waals surface area contributed by atoms with E-state index in [4.69, 9.17) is 21.8 Å². The van der Waals surface area contributed by atoms with Gasteiger partial charge < -0.3 is 10.2 Å². The molecule has 0 aromatic heterocycles. The van der Waals surface area contributed by atoms with E-state index in [9.17, 15) is 0 Å². The lowest BCUT2D eigenvalue weighted by molar-refractivity contribution is 0.138. The van der Waals surface area contributed by atoms with Gasteiger partial charge in [-0.05, 0) is 6.42 Å². The molecular formula is C7H11ClO2. The van der Waals surface area contributed by atoms with Gasteiger partial charge in [-0.1, -0.05) is 5.92 Å². The van der Waals surface area contributed by atoms with Crippen molar-refractivity contribution < 1.29 is 10.2 Å². The van der Waals surface area contributed by atoms with Crippen LogP contribution in [0.1, 0.15) is 12.8 Å². The molecule has 0 saturated carbocycles. The highest BCUT2D eigenvalue weighted by Crippen LogP contribution is 1.89. The van der Waals surface area contributed by atoms with E-state index in [0.717, 1.165) is 6.42 Å². The van der Waals surface area contributed by atoms with Crippen molar-refractivity contribution in [3.8, 4) is 11.8 Å². The van der Waals surface area contributed by atoms with Gasteiger partial charge in [-0.3, -0.25) is 0 Å². The van der Waals surface area contributed by atoms with Crippen molar-refractivity contribution in [2.45, 2.75) is 18.9 Å². The first-order valence-electron chi connectivity index (χ1n) is 3.14. The molecule has 0 spiro atoms. The van der Waals surface area contributed by atoms with Crippen LogP contribution in [0.3, 0.4) is 0 Å². The Morgan fingerprint density at radius 2 is 2.20 bits per heavy atom. The molecule has 2 N–H and O–H groups in total. The van der Waals surface area contributed by atoms with E-state index in [0.29, 0.717) is 12.3 Å². The first-order valence-corrected chi connectivity index (χ1v) is 3.68. The molecule has 0 fully saturated rings. The van der Waals surface area contributed by atoms with Gasteiger partial charge in [0.25, 0.3) is 0 Å². The summed E-state index contributed by atoms with van der Waals surface area (Å²) in [4.78, 5) is 0. The number of aliphatic hydroxyl groups excluding tert-OH is 2. The summed E-state index contributed by atoms with van der Waals surface area (Å²) in [5, 5.41) is 17.0. The second kappa shape index (κ2) is 6.88. The first kappa shape index (κ1) is 9.77. The van der Waals surface area contributed by atoms with Crippen LogP contribution in [0.4, 0.5) is 0 Å². The van der Waals surface area contributed by atoms with E-state index in [1.807, 2.05) is 0 Å². The monoisotopic (exact) mass is 162 g/mol. The Labute approximate surface area is 65.8 Å². The second-order valence-corrected chi connectivity index (χ2v) is 2.19. The Morgan fingerprint density at radius 1 is 1.50 bits per heavy atom. The number of alkyl halides is 1. The van der Waals surface area contributed by atoms with Crippen LogP contribution in [0.15, 0.2) is 0 Å².